The fourth-order valence-corrected chi connectivity index (χ4v) is 1.81. The van der Waals surface area contributed by atoms with E-state index in [4.69, 9.17) is 17.3 Å². The number of aromatic nitrogens is 3. The maximum atomic E-state index is 11.8. The van der Waals surface area contributed by atoms with Gasteiger partial charge in [0.15, 0.2) is 0 Å². The maximum Gasteiger partial charge on any atom is 0.294 e. The van der Waals surface area contributed by atoms with Crippen molar-refractivity contribution in [3.63, 3.8) is 0 Å². The van der Waals surface area contributed by atoms with Gasteiger partial charge in [-0.1, -0.05) is 21.2 Å². The Labute approximate surface area is 114 Å². The number of hydrogen-bond donors (Lipinski definition) is 2. The molecule has 9 nitrogen and oxygen atoms in total. The molecular formula is C8H5ClN6O3S. The molecule has 1 aromatic heterocycles. The molecule has 0 fully saturated rings. The number of nitrogens with two attached hydrogens (primary N) is 1. The molecule has 0 bridgehead atoms. The first kappa shape index (κ1) is 13.1. The van der Waals surface area contributed by atoms with E-state index in [1.807, 2.05) is 0 Å². The van der Waals surface area contributed by atoms with Crippen molar-refractivity contribution in [1.82, 2.24) is 14.8 Å². The summed E-state index contributed by atoms with van der Waals surface area (Å²) in [5, 5.41) is 20.0. The van der Waals surface area contributed by atoms with Crippen LogP contribution in [-0.4, -0.2) is 25.6 Å². The number of nitrogens with one attached hydrogen (secondary N) is 1. The number of nitro benzene ring substituents is 1. The van der Waals surface area contributed by atoms with Crippen LogP contribution in [0.1, 0.15) is 10.4 Å². The number of hydrogen-bond acceptors (Lipinski definition) is 8. The van der Waals surface area contributed by atoms with Gasteiger partial charge in [0, 0.05) is 23.2 Å². The van der Waals surface area contributed by atoms with E-state index in [1.54, 1.807) is 0 Å². The lowest BCUT2D eigenvalue weighted by Crippen LogP contribution is -2.12. The Balaban J connectivity index is 2.35. The molecular weight excluding hydrogens is 296 g/mol. The molecule has 0 unspecified atom stereocenters. The Hall–Kier alpha value is -2.33. The molecule has 0 saturated carbocycles. The van der Waals surface area contributed by atoms with Gasteiger partial charge in [-0.15, -0.1) is 0 Å². The molecule has 2 aromatic rings. The minimum absolute atomic E-state index is 0.0129. The molecule has 0 aliphatic heterocycles. The molecule has 0 aliphatic rings. The van der Waals surface area contributed by atoms with Crippen molar-refractivity contribution in [3.05, 3.63) is 32.8 Å². The van der Waals surface area contributed by atoms with Gasteiger partial charge in [-0.05, 0) is 11.3 Å². The average Bonchev–Trinajstić information content (AvgIpc) is 2.84. The highest BCUT2D eigenvalue weighted by Gasteiger charge is 2.20. The van der Waals surface area contributed by atoms with Crippen LogP contribution in [0.25, 0.3) is 0 Å². The zero-order valence-electron chi connectivity index (χ0n) is 9.03. The molecule has 0 spiro atoms. The van der Waals surface area contributed by atoms with Crippen molar-refractivity contribution in [3.8, 4) is 0 Å². The van der Waals surface area contributed by atoms with Crippen molar-refractivity contribution >= 4 is 45.5 Å². The van der Waals surface area contributed by atoms with Crippen molar-refractivity contribution in [2.75, 3.05) is 11.1 Å². The molecule has 1 amide bonds. The number of rotatable bonds is 3. The Bertz CT molecular complexity index is 646. The summed E-state index contributed by atoms with van der Waals surface area (Å²) in [6.45, 7) is 0. The minimum atomic E-state index is -0.718. The average molecular weight is 301 g/mol. The zero-order valence-corrected chi connectivity index (χ0v) is 10.6. The topological polar surface area (TPSA) is 137 Å². The standard InChI is InChI=1S/C8H5ClN6O3S/c9-4-1-3(2-5(6(4)10)15(17)18)7(16)11-8-12-13-14-19-8/h1-2H,10H2,(H,11,12,14,16). The lowest BCUT2D eigenvalue weighted by molar-refractivity contribution is -0.383. The van der Waals surface area contributed by atoms with Gasteiger partial charge in [0.05, 0.1) is 9.95 Å². The number of carbonyl (C=O) groups is 1. The highest BCUT2D eigenvalue weighted by Crippen LogP contribution is 2.31. The van der Waals surface area contributed by atoms with Gasteiger partial charge in [-0.3, -0.25) is 20.2 Å². The van der Waals surface area contributed by atoms with E-state index in [1.165, 1.54) is 6.07 Å². The third-order valence-corrected chi connectivity index (χ3v) is 2.91. The molecule has 1 heterocycles. The molecule has 19 heavy (non-hydrogen) atoms. The van der Waals surface area contributed by atoms with Crippen LogP contribution in [0.2, 0.25) is 5.02 Å². The quantitative estimate of drug-likeness (QED) is 0.495. The highest BCUT2D eigenvalue weighted by atomic mass is 35.5. The van der Waals surface area contributed by atoms with Gasteiger partial charge in [0.25, 0.3) is 11.6 Å². The first-order valence-electron chi connectivity index (χ1n) is 4.69. The van der Waals surface area contributed by atoms with E-state index in [-0.39, 0.29) is 21.4 Å². The predicted molar refractivity (Wildman–Crippen MR) is 68.2 cm³/mol. The summed E-state index contributed by atoms with van der Waals surface area (Å²) < 4.78 is 3.46. The fourth-order valence-electron chi connectivity index (χ4n) is 1.24. The minimum Gasteiger partial charge on any atom is -0.392 e. The highest BCUT2D eigenvalue weighted by molar-refractivity contribution is 7.09. The van der Waals surface area contributed by atoms with Crippen LogP contribution in [0.15, 0.2) is 12.1 Å². The predicted octanol–water partition coefficient (Wildman–Crippen LogP) is 1.33. The smallest absolute Gasteiger partial charge is 0.294 e. The van der Waals surface area contributed by atoms with Crippen molar-refractivity contribution in [2.45, 2.75) is 0 Å². The Kier molecular flexibility index (Phi) is 3.53. The van der Waals surface area contributed by atoms with Crippen LogP contribution in [0.3, 0.4) is 0 Å². The number of nitrogen functional groups attached to an aromatic ring is 1. The summed E-state index contributed by atoms with van der Waals surface area (Å²) in [6, 6.07) is 2.26. The summed E-state index contributed by atoms with van der Waals surface area (Å²) in [4.78, 5) is 21.9. The summed E-state index contributed by atoms with van der Waals surface area (Å²) in [5.41, 5.74) is 4.81. The number of nitrogens with zero attached hydrogens (tertiary/aromatic N) is 4. The van der Waals surface area contributed by atoms with Gasteiger partial charge >= 0.3 is 0 Å². The molecule has 0 aliphatic carbocycles. The lowest BCUT2D eigenvalue weighted by Gasteiger charge is -2.04. The van der Waals surface area contributed by atoms with Crippen molar-refractivity contribution < 1.29 is 9.72 Å². The van der Waals surface area contributed by atoms with E-state index in [0.29, 0.717) is 0 Å². The zero-order chi connectivity index (χ0) is 14.0. The lowest BCUT2D eigenvalue weighted by atomic mass is 10.1. The fraction of sp³-hybridized carbons (Fsp3) is 0. The summed E-state index contributed by atoms with van der Waals surface area (Å²) in [7, 11) is 0. The number of carbonyl (C=O) groups excluding carboxylic acids is 1. The van der Waals surface area contributed by atoms with Crippen LogP contribution in [-0.2, 0) is 0 Å². The largest absolute Gasteiger partial charge is 0.392 e. The molecule has 2 rings (SSSR count). The number of anilines is 2. The van der Waals surface area contributed by atoms with Gasteiger partial charge in [0.1, 0.15) is 5.69 Å². The van der Waals surface area contributed by atoms with E-state index in [0.717, 1.165) is 17.6 Å². The second-order valence-corrected chi connectivity index (χ2v) is 4.41. The number of nitro groups is 1. The molecule has 0 atom stereocenters. The Morgan fingerprint density at radius 1 is 1.53 bits per heavy atom. The van der Waals surface area contributed by atoms with Crippen LogP contribution in [0.5, 0.6) is 0 Å². The molecule has 0 saturated heterocycles. The van der Waals surface area contributed by atoms with Gasteiger partial charge in [-0.25, -0.2) is 0 Å². The van der Waals surface area contributed by atoms with Gasteiger partial charge in [-0.2, -0.15) is 0 Å². The van der Waals surface area contributed by atoms with Crippen molar-refractivity contribution in [1.29, 1.82) is 0 Å². The van der Waals surface area contributed by atoms with Crippen LogP contribution in [0, 0.1) is 10.1 Å². The molecule has 11 heteroatoms. The van der Waals surface area contributed by atoms with Gasteiger partial charge < -0.3 is 5.73 Å². The second-order valence-electron chi connectivity index (χ2n) is 3.27. The van der Waals surface area contributed by atoms with Crippen LogP contribution >= 0.6 is 23.1 Å². The van der Waals surface area contributed by atoms with Crippen molar-refractivity contribution in [2.24, 2.45) is 0 Å². The molecule has 1 aromatic carbocycles. The number of benzene rings is 1. The Morgan fingerprint density at radius 3 is 2.84 bits per heavy atom. The number of amides is 1. The third-order valence-electron chi connectivity index (χ3n) is 2.09. The number of halogens is 1. The van der Waals surface area contributed by atoms with E-state index < -0.39 is 16.5 Å². The summed E-state index contributed by atoms with van der Waals surface area (Å²) in [5.74, 6) is -0.622. The van der Waals surface area contributed by atoms with Gasteiger partial charge in [0.2, 0.25) is 5.13 Å². The SMILES string of the molecule is Nc1c(Cl)cc(C(=O)Nc2nnns2)cc1[N+](=O)[O-]. The van der Waals surface area contributed by atoms with Crippen LogP contribution in [0.4, 0.5) is 16.5 Å². The molecule has 3 N–H and O–H groups in total. The summed E-state index contributed by atoms with van der Waals surface area (Å²) >= 11 is 6.61. The normalized spacial score (nSPS) is 10.2. The summed E-state index contributed by atoms with van der Waals surface area (Å²) in [6.07, 6.45) is 0. The van der Waals surface area contributed by atoms with Crippen LogP contribution < -0.4 is 11.1 Å². The second kappa shape index (κ2) is 5.12. The van der Waals surface area contributed by atoms with E-state index >= 15 is 0 Å². The first-order valence-corrected chi connectivity index (χ1v) is 5.84. The molecule has 98 valence electrons. The Morgan fingerprint density at radius 2 is 2.26 bits per heavy atom. The van der Waals surface area contributed by atoms with E-state index in [2.05, 4.69) is 20.1 Å². The monoisotopic (exact) mass is 300 g/mol. The van der Waals surface area contributed by atoms with E-state index in [9.17, 15) is 14.9 Å². The molecule has 0 radical (unpaired) electrons. The first-order chi connectivity index (χ1) is 8.99. The maximum absolute atomic E-state index is 11.8. The third kappa shape index (κ3) is 2.74.